The van der Waals surface area contributed by atoms with Crippen LogP contribution in [-0.2, 0) is 11.2 Å². The molecule has 19 heavy (non-hydrogen) atoms. The van der Waals surface area contributed by atoms with Crippen molar-refractivity contribution < 1.29 is 9.84 Å². The van der Waals surface area contributed by atoms with Gasteiger partial charge in [0.2, 0.25) is 0 Å². The van der Waals surface area contributed by atoms with Gasteiger partial charge in [-0.15, -0.1) is 0 Å². The SMILES string of the molecule is COCCNCCC(C)(O)Cc1ccn(C(C)C)n1. The summed E-state index contributed by atoms with van der Waals surface area (Å²) in [6.45, 7) is 8.33. The van der Waals surface area contributed by atoms with Crippen LogP contribution in [0.3, 0.4) is 0 Å². The van der Waals surface area contributed by atoms with Gasteiger partial charge >= 0.3 is 0 Å². The van der Waals surface area contributed by atoms with Gasteiger partial charge in [-0.25, -0.2) is 0 Å². The molecule has 1 aromatic rings. The third-order valence-electron chi connectivity index (χ3n) is 3.08. The molecule has 0 fully saturated rings. The molecule has 0 bridgehead atoms. The second-order valence-corrected chi connectivity index (χ2v) is 5.55. The molecule has 5 nitrogen and oxygen atoms in total. The average molecular weight is 269 g/mol. The predicted molar refractivity (Wildman–Crippen MR) is 76.3 cm³/mol. The van der Waals surface area contributed by atoms with Crippen molar-refractivity contribution in [3.63, 3.8) is 0 Å². The molecule has 0 aliphatic heterocycles. The summed E-state index contributed by atoms with van der Waals surface area (Å²) in [5, 5.41) is 18.1. The van der Waals surface area contributed by atoms with Crippen molar-refractivity contribution in [1.82, 2.24) is 15.1 Å². The molecule has 1 aromatic heterocycles. The van der Waals surface area contributed by atoms with Crippen molar-refractivity contribution in [2.45, 2.75) is 45.3 Å². The van der Waals surface area contributed by atoms with Gasteiger partial charge in [-0.2, -0.15) is 5.10 Å². The van der Waals surface area contributed by atoms with E-state index in [0.29, 0.717) is 25.5 Å². The fourth-order valence-corrected chi connectivity index (χ4v) is 1.89. The number of nitrogens with zero attached hydrogens (tertiary/aromatic N) is 2. The van der Waals surface area contributed by atoms with E-state index in [9.17, 15) is 5.11 Å². The summed E-state index contributed by atoms with van der Waals surface area (Å²) in [6.07, 6.45) is 3.25. The molecule has 0 saturated heterocycles. The molecule has 0 radical (unpaired) electrons. The minimum Gasteiger partial charge on any atom is -0.390 e. The minimum absolute atomic E-state index is 0.356. The molecule has 1 rings (SSSR count). The lowest BCUT2D eigenvalue weighted by Gasteiger charge is -2.22. The summed E-state index contributed by atoms with van der Waals surface area (Å²) >= 11 is 0. The first-order valence-electron chi connectivity index (χ1n) is 6.91. The van der Waals surface area contributed by atoms with Crippen molar-refractivity contribution in [2.24, 2.45) is 0 Å². The van der Waals surface area contributed by atoms with Crippen LogP contribution in [0.15, 0.2) is 12.3 Å². The summed E-state index contributed by atoms with van der Waals surface area (Å²) in [5.41, 5.74) is 0.214. The predicted octanol–water partition coefficient (Wildman–Crippen LogP) is 1.38. The number of methoxy groups -OCH3 is 1. The van der Waals surface area contributed by atoms with E-state index in [1.165, 1.54) is 0 Å². The standard InChI is InChI=1S/C14H27N3O2/c1-12(2)17-9-5-13(16-17)11-14(3,18)6-7-15-8-10-19-4/h5,9,12,15,18H,6-8,10-11H2,1-4H3. The Hall–Kier alpha value is -0.910. The summed E-state index contributed by atoms with van der Waals surface area (Å²) in [6, 6.07) is 2.33. The van der Waals surface area contributed by atoms with Gasteiger partial charge in [-0.3, -0.25) is 4.68 Å². The number of ether oxygens (including phenoxy) is 1. The van der Waals surface area contributed by atoms with Crippen LogP contribution in [0.25, 0.3) is 0 Å². The zero-order valence-corrected chi connectivity index (χ0v) is 12.5. The maximum Gasteiger partial charge on any atom is 0.0687 e. The number of rotatable bonds is 9. The van der Waals surface area contributed by atoms with Crippen LogP contribution in [0.2, 0.25) is 0 Å². The maximum absolute atomic E-state index is 10.4. The van der Waals surface area contributed by atoms with Crippen LogP contribution < -0.4 is 5.32 Å². The lowest BCUT2D eigenvalue weighted by molar-refractivity contribution is 0.0499. The van der Waals surface area contributed by atoms with Gasteiger partial charge in [-0.1, -0.05) is 0 Å². The topological polar surface area (TPSA) is 59.3 Å². The fourth-order valence-electron chi connectivity index (χ4n) is 1.89. The molecule has 0 aliphatic carbocycles. The van der Waals surface area contributed by atoms with Gasteiger partial charge in [0.25, 0.3) is 0 Å². The van der Waals surface area contributed by atoms with Crippen LogP contribution in [0.5, 0.6) is 0 Å². The van der Waals surface area contributed by atoms with Gasteiger partial charge in [0.05, 0.1) is 17.9 Å². The summed E-state index contributed by atoms with van der Waals surface area (Å²) in [5.74, 6) is 0. The van der Waals surface area contributed by atoms with Crippen molar-refractivity contribution in [3.8, 4) is 0 Å². The molecule has 0 spiro atoms. The highest BCUT2D eigenvalue weighted by Gasteiger charge is 2.21. The van der Waals surface area contributed by atoms with Crippen molar-refractivity contribution in [2.75, 3.05) is 26.8 Å². The first-order chi connectivity index (χ1) is 8.94. The lowest BCUT2D eigenvalue weighted by Crippen LogP contribution is -2.33. The number of nitrogens with one attached hydrogen (secondary N) is 1. The first kappa shape index (κ1) is 16.1. The Labute approximate surface area is 116 Å². The monoisotopic (exact) mass is 269 g/mol. The van der Waals surface area contributed by atoms with Crippen molar-refractivity contribution in [3.05, 3.63) is 18.0 Å². The largest absolute Gasteiger partial charge is 0.390 e. The highest BCUT2D eigenvalue weighted by Crippen LogP contribution is 2.16. The molecule has 1 heterocycles. The molecule has 0 aromatic carbocycles. The van der Waals surface area contributed by atoms with Gasteiger partial charge < -0.3 is 15.2 Å². The van der Waals surface area contributed by atoms with E-state index in [0.717, 1.165) is 18.8 Å². The Balaban J connectivity index is 2.35. The summed E-state index contributed by atoms with van der Waals surface area (Å²) in [7, 11) is 1.68. The second kappa shape index (κ2) is 7.62. The number of hydrogen-bond donors (Lipinski definition) is 2. The van der Waals surface area contributed by atoms with E-state index >= 15 is 0 Å². The molecule has 110 valence electrons. The first-order valence-corrected chi connectivity index (χ1v) is 6.91. The summed E-state index contributed by atoms with van der Waals surface area (Å²) < 4.78 is 6.88. The zero-order chi connectivity index (χ0) is 14.3. The molecule has 2 N–H and O–H groups in total. The molecule has 0 saturated carbocycles. The van der Waals surface area contributed by atoms with E-state index in [1.54, 1.807) is 7.11 Å². The van der Waals surface area contributed by atoms with Gasteiger partial charge in [0.1, 0.15) is 0 Å². The third kappa shape index (κ3) is 6.18. The highest BCUT2D eigenvalue weighted by molar-refractivity contribution is 5.03. The molecular formula is C14H27N3O2. The fraction of sp³-hybridized carbons (Fsp3) is 0.786. The van der Waals surface area contributed by atoms with Crippen LogP contribution in [-0.4, -0.2) is 47.3 Å². The quantitative estimate of drug-likeness (QED) is 0.665. The van der Waals surface area contributed by atoms with Crippen molar-refractivity contribution in [1.29, 1.82) is 0 Å². The van der Waals surface area contributed by atoms with Crippen LogP contribution in [0.1, 0.15) is 38.9 Å². The smallest absolute Gasteiger partial charge is 0.0687 e. The Kier molecular flexibility index (Phi) is 6.48. The molecular weight excluding hydrogens is 242 g/mol. The number of aromatic nitrogens is 2. The normalized spacial score (nSPS) is 14.8. The Morgan fingerprint density at radius 2 is 2.21 bits per heavy atom. The van der Waals surface area contributed by atoms with E-state index in [4.69, 9.17) is 4.74 Å². The molecule has 5 heteroatoms. The zero-order valence-electron chi connectivity index (χ0n) is 12.5. The van der Waals surface area contributed by atoms with Crippen LogP contribution in [0, 0.1) is 0 Å². The Bertz CT molecular complexity index is 361. The number of aliphatic hydroxyl groups is 1. The summed E-state index contributed by atoms with van der Waals surface area (Å²) in [4.78, 5) is 0. The van der Waals surface area contributed by atoms with Crippen LogP contribution in [0.4, 0.5) is 0 Å². The third-order valence-corrected chi connectivity index (χ3v) is 3.08. The van der Waals surface area contributed by atoms with Crippen LogP contribution >= 0.6 is 0 Å². The Morgan fingerprint density at radius 1 is 1.47 bits per heavy atom. The van der Waals surface area contributed by atoms with E-state index < -0.39 is 5.60 Å². The Morgan fingerprint density at radius 3 is 2.79 bits per heavy atom. The van der Waals surface area contributed by atoms with Gasteiger partial charge in [0, 0.05) is 32.3 Å². The van der Waals surface area contributed by atoms with E-state index in [-0.39, 0.29) is 0 Å². The average Bonchev–Trinajstić information content (AvgIpc) is 2.76. The van der Waals surface area contributed by atoms with E-state index in [1.807, 2.05) is 23.9 Å². The molecule has 1 atom stereocenters. The molecule has 0 aliphatic rings. The maximum atomic E-state index is 10.4. The molecule has 0 amide bonds. The molecule has 1 unspecified atom stereocenters. The van der Waals surface area contributed by atoms with Gasteiger partial charge in [0.15, 0.2) is 0 Å². The highest BCUT2D eigenvalue weighted by atomic mass is 16.5. The van der Waals surface area contributed by atoms with E-state index in [2.05, 4.69) is 24.3 Å². The lowest BCUT2D eigenvalue weighted by atomic mass is 9.96. The van der Waals surface area contributed by atoms with Gasteiger partial charge in [-0.05, 0) is 39.8 Å². The minimum atomic E-state index is -0.726. The number of hydrogen-bond acceptors (Lipinski definition) is 4. The second-order valence-electron chi connectivity index (χ2n) is 5.55. The van der Waals surface area contributed by atoms with Crippen molar-refractivity contribution >= 4 is 0 Å².